The van der Waals surface area contributed by atoms with Gasteiger partial charge in [-0.25, -0.2) is 4.98 Å². The number of pyridine rings is 1. The van der Waals surface area contributed by atoms with Crippen LogP contribution in [0.25, 0.3) is 5.65 Å². The molecule has 0 aliphatic carbocycles. The van der Waals surface area contributed by atoms with E-state index >= 15 is 0 Å². The van der Waals surface area contributed by atoms with Crippen molar-refractivity contribution in [2.24, 2.45) is 0 Å². The molecule has 1 N–H and O–H groups in total. The Kier molecular flexibility index (Phi) is 4.94. The lowest BCUT2D eigenvalue weighted by atomic mass is 10.3. The van der Waals surface area contributed by atoms with E-state index in [0.29, 0.717) is 0 Å². The second-order valence-electron chi connectivity index (χ2n) is 5.15. The van der Waals surface area contributed by atoms with Gasteiger partial charge in [-0.1, -0.05) is 42.5 Å². The zero-order valence-corrected chi connectivity index (χ0v) is 14.4. The van der Waals surface area contributed by atoms with Crippen LogP contribution in [0.15, 0.2) is 28.9 Å². The van der Waals surface area contributed by atoms with E-state index in [1.165, 1.54) is 12.0 Å². The lowest BCUT2D eigenvalue weighted by Crippen LogP contribution is -1.99. The maximum absolute atomic E-state index is 4.62. The molecule has 0 spiro atoms. The van der Waals surface area contributed by atoms with Crippen LogP contribution in [0.5, 0.6) is 0 Å². The van der Waals surface area contributed by atoms with E-state index in [4.69, 9.17) is 0 Å². The molecular weight excluding hydrogens is 314 g/mol. The second-order valence-corrected chi connectivity index (χ2v) is 7.35. The van der Waals surface area contributed by atoms with Crippen molar-refractivity contribution in [3.05, 3.63) is 35.8 Å². The van der Waals surface area contributed by atoms with E-state index in [0.717, 1.165) is 39.5 Å². The highest BCUT2D eigenvalue weighted by atomic mass is 32.2. The first-order valence-electron chi connectivity index (χ1n) is 7.39. The van der Waals surface area contributed by atoms with Gasteiger partial charge in [0.15, 0.2) is 4.34 Å². The van der Waals surface area contributed by atoms with Crippen molar-refractivity contribution in [2.75, 3.05) is 11.9 Å². The van der Waals surface area contributed by atoms with Gasteiger partial charge in [-0.15, -0.1) is 10.2 Å². The summed E-state index contributed by atoms with van der Waals surface area (Å²) in [5.41, 5.74) is 3.28. The highest BCUT2D eigenvalue weighted by Gasteiger charge is 2.07. The fourth-order valence-electron chi connectivity index (χ4n) is 2.07. The summed E-state index contributed by atoms with van der Waals surface area (Å²) in [6.45, 7) is 5.23. The Morgan fingerprint density at radius 3 is 3.05 bits per heavy atom. The fourth-order valence-corrected chi connectivity index (χ4v) is 3.73. The lowest BCUT2D eigenvalue weighted by molar-refractivity contribution is 0.830. The maximum Gasteiger partial charge on any atom is 0.206 e. The summed E-state index contributed by atoms with van der Waals surface area (Å²) in [7, 11) is 0. The smallest absolute Gasteiger partial charge is 0.206 e. The van der Waals surface area contributed by atoms with Crippen LogP contribution >= 0.6 is 23.1 Å². The zero-order valence-electron chi connectivity index (χ0n) is 12.7. The van der Waals surface area contributed by atoms with Gasteiger partial charge >= 0.3 is 0 Å². The monoisotopic (exact) mass is 333 g/mol. The average molecular weight is 333 g/mol. The molecule has 0 aliphatic heterocycles. The van der Waals surface area contributed by atoms with Crippen molar-refractivity contribution < 1.29 is 0 Å². The van der Waals surface area contributed by atoms with Gasteiger partial charge in [0.2, 0.25) is 5.13 Å². The van der Waals surface area contributed by atoms with Gasteiger partial charge in [0.1, 0.15) is 5.65 Å². The summed E-state index contributed by atoms with van der Waals surface area (Å²) in [6, 6.07) is 4.13. The molecule has 3 aromatic heterocycles. The molecule has 3 heterocycles. The first kappa shape index (κ1) is 15.3. The summed E-state index contributed by atoms with van der Waals surface area (Å²) >= 11 is 3.29. The molecule has 5 nitrogen and oxygen atoms in total. The van der Waals surface area contributed by atoms with Gasteiger partial charge in [0, 0.05) is 24.7 Å². The van der Waals surface area contributed by atoms with Gasteiger partial charge in [-0.05, 0) is 25.0 Å². The number of thioether (sulfide) groups is 1. The number of unbranched alkanes of at least 4 members (excludes halogenated alkanes) is 1. The van der Waals surface area contributed by atoms with Gasteiger partial charge in [-0.3, -0.25) is 0 Å². The molecular formula is C15H19N5S2. The van der Waals surface area contributed by atoms with Crippen molar-refractivity contribution >= 4 is 33.9 Å². The number of imidazole rings is 1. The molecule has 0 aromatic carbocycles. The Labute approximate surface area is 138 Å². The van der Waals surface area contributed by atoms with Crippen molar-refractivity contribution in [1.82, 2.24) is 19.6 Å². The Bertz CT molecular complexity index is 749. The molecule has 0 saturated carbocycles. The number of hydrogen-bond acceptors (Lipinski definition) is 6. The average Bonchev–Trinajstić information content (AvgIpc) is 3.11. The normalized spacial score (nSPS) is 11.2. The van der Waals surface area contributed by atoms with Crippen LogP contribution in [0.1, 0.15) is 31.0 Å². The van der Waals surface area contributed by atoms with Gasteiger partial charge in [0.05, 0.1) is 5.69 Å². The van der Waals surface area contributed by atoms with Crippen molar-refractivity contribution in [3.63, 3.8) is 0 Å². The Morgan fingerprint density at radius 2 is 2.18 bits per heavy atom. The third-order valence-corrected chi connectivity index (χ3v) is 5.25. The molecule has 22 heavy (non-hydrogen) atoms. The van der Waals surface area contributed by atoms with E-state index in [1.54, 1.807) is 23.1 Å². The van der Waals surface area contributed by atoms with E-state index in [-0.39, 0.29) is 0 Å². The summed E-state index contributed by atoms with van der Waals surface area (Å²) in [4.78, 5) is 4.62. The summed E-state index contributed by atoms with van der Waals surface area (Å²) in [5.74, 6) is 0.810. The standard InChI is InChI=1S/C15H19N5S2/c1-3-4-7-16-14-18-19-15(22-14)21-10-12-9-20-8-11(2)5-6-13(20)17-12/h5-6,8-9H,3-4,7,10H2,1-2H3,(H,16,18). The van der Waals surface area contributed by atoms with Gasteiger partial charge < -0.3 is 9.72 Å². The van der Waals surface area contributed by atoms with Crippen molar-refractivity contribution in [3.8, 4) is 0 Å². The first-order valence-corrected chi connectivity index (χ1v) is 9.19. The number of nitrogens with zero attached hydrogens (tertiary/aromatic N) is 4. The predicted octanol–water partition coefficient (Wildman–Crippen LogP) is 4.00. The van der Waals surface area contributed by atoms with Crippen molar-refractivity contribution in [2.45, 2.75) is 36.8 Å². The molecule has 0 fully saturated rings. The topological polar surface area (TPSA) is 55.1 Å². The first-order chi connectivity index (χ1) is 10.7. The maximum atomic E-state index is 4.62. The SMILES string of the molecule is CCCCNc1nnc(SCc2cn3cc(C)ccc3n2)s1. The van der Waals surface area contributed by atoms with Crippen LogP contribution in [-0.4, -0.2) is 26.1 Å². The lowest BCUT2D eigenvalue weighted by Gasteiger charge is -1.97. The number of nitrogens with one attached hydrogen (secondary N) is 1. The molecule has 0 aliphatic rings. The molecule has 7 heteroatoms. The minimum Gasteiger partial charge on any atom is -0.360 e. The number of anilines is 1. The largest absolute Gasteiger partial charge is 0.360 e. The Morgan fingerprint density at radius 1 is 1.27 bits per heavy atom. The van der Waals surface area contributed by atoms with Crippen LogP contribution in [0.3, 0.4) is 0 Å². The summed E-state index contributed by atoms with van der Waals surface area (Å²) in [6.07, 6.45) is 6.51. The quantitative estimate of drug-likeness (QED) is 0.523. The van der Waals surface area contributed by atoms with E-state index in [9.17, 15) is 0 Å². The second kappa shape index (κ2) is 7.11. The zero-order chi connectivity index (χ0) is 15.4. The van der Waals surface area contributed by atoms with Crippen LogP contribution in [-0.2, 0) is 5.75 Å². The minimum atomic E-state index is 0.810. The Balaban J connectivity index is 1.59. The minimum absolute atomic E-state index is 0.810. The van der Waals surface area contributed by atoms with Crippen LogP contribution in [0.4, 0.5) is 5.13 Å². The predicted molar refractivity (Wildman–Crippen MR) is 92.8 cm³/mol. The van der Waals surface area contributed by atoms with E-state index in [2.05, 4.69) is 57.2 Å². The molecule has 0 bridgehead atoms. The molecule has 0 saturated heterocycles. The van der Waals surface area contributed by atoms with Crippen LogP contribution in [0.2, 0.25) is 0 Å². The van der Waals surface area contributed by atoms with Gasteiger partial charge in [0.25, 0.3) is 0 Å². The Hall–Kier alpha value is -1.60. The molecule has 0 unspecified atom stereocenters. The number of aromatic nitrogens is 4. The summed E-state index contributed by atoms with van der Waals surface area (Å²) < 4.78 is 3.05. The number of aryl methyl sites for hydroxylation is 1. The molecule has 3 rings (SSSR count). The molecule has 0 radical (unpaired) electrons. The van der Waals surface area contributed by atoms with Crippen molar-refractivity contribution in [1.29, 1.82) is 0 Å². The molecule has 116 valence electrons. The van der Waals surface area contributed by atoms with Crippen LogP contribution in [0, 0.1) is 6.92 Å². The molecule has 0 amide bonds. The fraction of sp³-hybridized carbons (Fsp3) is 0.400. The number of hydrogen-bond donors (Lipinski definition) is 1. The van der Waals surface area contributed by atoms with E-state index in [1.807, 2.05) is 6.07 Å². The number of fused-ring (bicyclic) bond motifs is 1. The number of rotatable bonds is 7. The third kappa shape index (κ3) is 3.78. The summed E-state index contributed by atoms with van der Waals surface area (Å²) in [5, 5.41) is 12.6. The molecule has 3 aromatic rings. The van der Waals surface area contributed by atoms with E-state index < -0.39 is 0 Å². The highest BCUT2D eigenvalue weighted by molar-refractivity contribution is 8.00. The van der Waals surface area contributed by atoms with Crippen LogP contribution < -0.4 is 5.32 Å². The molecule has 0 atom stereocenters. The third-order valence-electron chi connectivity index (χ3n) is 3.21. The van der Waals surface area contributed by atoms with Gasteiger partial charge in [-0.2, -0.15) is 0 Å². The highest BCUT2D eigenvalue weighted by Crippen LogP contribution is 2.28.